The molecule has 2 aromatic rings. The summed E-state index contributed by atoms with van der Waals surface area (Å²) in [6.07, 6.45) is 2.05. The number of aromatic nitrogens is 1. The maximum absolute atomic E-state index is 6.45. The summed E-state index contributed by atoms with van der Waals surface area (Å²) in [7, 11) is 0. The van der Waals surface area contributed by atoms with Crippen LogP contribution >= 0.6 is 35.6 Å². The Hall–Kier alpha value is -0.610. The third-order valence-electron chi connectivity index (χ3n) is 4.06. The molecule has 4 rings (SSSR count). The van der Waals surface area contributed by atoms with Crippen LogP contribution in [0.4, 0.5) is 0 Å². The highest BCUT2D eigenvalue weighted by molar-refractivity contribution is 6.40. The van der Waals surface area contributed by atoms with Gasteiger partial charge in [-0.15, -0.1) is 12.4 Å². The second kappa shape index (κ2) is 5.30. The zero-order valence-corrected chi connectivity index (χ0v) is 13.2. The van der Waals surface area contributed by atoms with E-state index in [4.69, 9.17) is 27.9 Å². The van der Waals surface area contributed by atoms with E-state index in [2.05, 4.69) is 9.88 Å². The third-order valence-corrected chi connectivity index (χ3v) is 4.64. The minimum absolute atomic E-state index is 0. The molecule has 2 aliphatic rings. The number of nitrogens with one attached hydrogen (secondary N) is 1. The third kappa shape index (κ3) is 1.92. The number of halogens is 3. The van der Waals surface area contributed by atoms with Gasteiger partial charge in [0.2, 0.25) is 0 Å². The van der Waals surface area contributed by atoms with Crippen molar-refractivity contribution in [3.63, 3.8) is 0 Å². The zero-order valence-electron chi connectivity index (χ0n) is 10.8. The van der Waals surface area contributed by atoms with Crippen molar-refractivity contribution in [2.75, 3.05) is 19.7 Å². The lowest BCUT2D eigenvalue weighted by molar-refractivity contribution is 0.285. The van der Waals surface area contributed by atoms with Crippen LogP contribution in [0.15, 0.2) is 6.07 Å². The first-order valence-electron chi connectivity index (χ1n) is 6.63. The first-order valence-corrected chi connectivity index (χ1v) is 7.38. The first kappa shape index (κ1) is 14.3. The summed E-state index contributed by atoms with van der Waals surface area (Å²) in [6.45, 7) is 3.58. The standard InChI is InChI=1S/C14H14Cl2N2O.ClH/c15-9-7-10(16)14-13-12(9)8-1-3-17-4-2-11(8)18(13)5-6-19-14;/h7,17H,1-6H2;1H. The quantitative estimate of drug-likeness (QED) is 0.799. The molecule has 0 bridgehead atoms. The zero-order chi connectivity index (χ0) is 13.0. The molecule has 0 atom stereocenters. The van der Waals surface area contributed by atoms with Gasteiger partial charge in [0.05, 0.1) is 22.1 Å². The maximum atomic E-state index is 6.45. The van der Waals surface area contributed by atoms with Crippen LogP contribution in [0.1, 0.15) is 11.3 Å². The van der Waals surface area contributed by atoms with Crippen molar-refractivity contribution in [1.29, 1.82) is 0 Å². The summed E-state index contributed by atoms with van der Waals surface area (Å²) in [4.78, 5) is 0. The molecule has 0 amide bonds. The average molecular weight is 334 g/mol. The highest BCUT2D eigenvalue weighted by atomic mass is 35.5. The van der Waals surface area contributed by atoms with Crippen molar-refractivity contribution in [3.8, 4) is 5.75 Å². The van der Waals surface area contributed by atoms with Gasteiger partial charge in [-0.2, -0.15) is 0 Å². The number of benzene rings is 1. The van der Waals surface area contributed by atoms with Crippen molar-refractivity contribution < 1.29 is 4.74 Å². The topological polar surface area (TPSA) is 26.2 Å². The van der Waals surface area contributed by atoms with Crippen LogP contribution in [0.2, 0.25) is 10.0 Å². The van der Waals surface area contributed by atoms with Gasteiger partial charge < -0.3 is 14.6 Å². The summed E-state index contributed by atoms with van der Waals surface area (Å²) in [5, 5.41) is 5.94. The summed E-state index contributed by atoms with van der Waals surface area (Å²) in [6, 6.07) is 1.81. The fraction of sp³-hybridized carbons (Fsp3) is 0.429. The smallest absolute Gasteiger partial charge is 0.162 e. The average Bonchev–Trinajstić information content (AvgIpc) is 2.57. The SMILES string of the molecule is Cl.Clc1cc(Cl)c2c3c(n4c2c1OCC4)CCNCC3. The number of hydrogen-bond donors (Lipinski definition) is 1. The number of nitrogens with zero attached hydrogens (tertiary/aromatic N) is 1. The second-order valence-electron chi connectivity index (χ2n) is 5.07. The van der Waals surface area contributed by atoms with E-state index in [9.17, 15) is 0 Å². The van der Waals surface area contributed by atoms with Crippen LogP contribution in [0.3, 0.4) is 0 Å². The molecule has 0 saturated carbocycles. The van der Waals surface area contributed by atoms with E-state index in [-0.39, 0.29) is 12.4 Å². The molecular weight excluding hydrogens is 319 g/mol. The molecule has 0 aliphatic carbocycles. The number of hydrogen-bond acceptors (Lipinski definition) is 2. The van der Waals surface area contributed by atoms with Gasteiger partial charge in [0.15, 0.2) is 5.75 Å². The van der Waals surface area contributed by atoms with Crippen molar-refractivity contribution in [2.24, 2.45) is 0 Å². The largest absolute Gasteiger partial charge is 0.488 e. The van der Waals surface area contributed by atoms with E-state index >= 15 is 0 Å². The van der Waals surface area contributed by atoms with Gasteiger partial charge >= 0.3 is 0 Å². The minimum atomic E-state index is 0. The van der Waals surface area contributed by atoms with Crippen LogP contribution < -0.4 is 10.1 Å². The lowest BCUT2D eigenvalue weighted by atomic mass is 10.1. The Kier molecular flexibility index (Phi) is 3.80. The normalized spacial score (nSPS) is 17.1. The Morgan fingerprint density at radius 1 is 1.15 bits per heavy atom. The highest BCUT2D eigenvalue weighted by Gasteiger charge is 2.27. The number of rotatable bonds is 0. The lowest BCUT2D eigenvalue weighted by Gasteiger charge is -2.20. The maximum Gasteiger partial charge on any atom is 0.162 e. The highest BCUT2D eigenvalue weighted by Crippen LogP contribution is 2.44. The van der Waals surface area contributed by atoms with Gasteiger partial charge in [-0.1, -0.05) is 23.2 Å². The van der Waals surface area contributed by atoms with Gasteiger partial charge in [0, 0.05) is 24.0 Å². The Bertz CT molecular complexity index is 677. The fourth-order valence-electron chi connectivity index (χ4n) is 3.30. The Labute approximate surface area is 133 Å². The monoisotopic (exact) mass is 332 g/mol. The summed E-state index contributed by atoms with van der Waals surface area (Å²) < 4.78 is 8.12. The molecule has 1 aromatic carbocycles. The second-order valence-corrected chi connectivity index (χ2v) is 5.88. The molecule has 0 spiro atoms. The summed E-state index contributed by atoms with van der Waals surface area (Å²) in [5.74, 6) is 0.799. The molecule has 2 aliphatic heterocycles. The van der Waals surface area contributed by atoms with Crippen molar-refractivity contribution in [3.05, 3.63) is 27.4 Å². The molecule has 1 N–H and O–H groups in total. The molecule has 1 aromatic heterocycles. The van der Waals surface area contributed by atoms with Crippen LogP contribution in [-0.4, -0.2) is 24.3 Å². The van der Waals surface area contributed by atoms with Crippen molar-refractivity contribution in [1.82, 2.24) is 9.88 Å². The Morgan fingerprint density at radius 3 is 2.80 bits per heavy atom. The number of fused-ring (bicyclic) bond motifs is 3. The molecule has 0 unspecified atom stereocenters. The van der Waals surface area contributed by atoms with E-state index < -0.39 is 0 Å². The molecule has 6 heteroatoms. The molecule has 20 heavy (non-hydrogen) atoms. The van der Waals surface area contributed by atoms with E-state index in [1.807, 2.05) is 6.07 Å². The van der Waals surface area contributed by atoms with Crippen LogP contribution in [-0.2, 0) is 19.4 Å². The van der Waals surface area contributed by atoms with Crippen molar-refractivity contribution >= 4 is 46.5 Å². The molecule has 3 heterocycles. The first-order chi connectivity index (χ1) is 9.27. The van der Waals surface area contributed by atoms with Gasteiger partial charge in [0.1, 0.15) is 6.61 Å². The van der Waals surface area contributed by atoms with Gasteiger partial charge in [-0.05, 0) is 24.6 Å². The summed E-state index contributed by atoms with van der Waals surface area (Å²) >= 11 is 12.7. The van der Waals surface area contributed by atoms with Gasteiger partial charge in [0.25, 0.3) is 0 Å². The molecule has 3 nitrogen and oxygen atoms in total. The molecule has 0 saturated heterocycles. The van der Waals surface area contributed by atoms with E-state index in [1.165, 1.54) is 11.3 Å². The number of ether oxygens (including phenoxy) is 1. The van der Waals surface area contributed by atoms with Gasteiger partial charge in [-0.3, -0.25) is 0 Å². The molecule has 108 valence electrons. The van der Waals surface area contributed by atoms with Crippen LogP contribution in [0.25, 0.3) is 10.9 Å². The van der Waals surface area contributed by atoms with Crippen LogP contribution in [0, 0.1) is 0 Å². The lowest BCUT2D eigenvalue weighted by Crippen LogP contribution is -2.19. The predicted octanol–water partition coefficient (Wildman–Crippen LogP) is 3.45. The predicted molar refractivity (Wildman–Crippen MR) is 85.0 cm³/mol. The van der Waals surface area contributed by atoms with E-state index in [0.717, 1.165) is 54.2 Å². The van der Waals surface area contributed by atoms with E-state index in [1.54, 1.807) is 0 Å². The summed E-state index contributed by atoms with van der Waals surface area (Å²) in [5.41, 5.74) is 3.86. The minimum Gasteiger partial charge on any atom is -0.488 e. The molecular formula is C14H15Cl3N2O. The van der Waals surface area contributed by atoms with Crippen LogP contribution in [0.5, 0.6) is 5.75 Å². The van der Waals surface area contributed by atoms with Gasteiger partial charge in [-0.25, -0.2) is 0 Å². The van der Waals surface area contributed by atoms with Crippen molar-refractivity contribution in [2.45, 2.75) is 19.4 Å². The van der Waals surface area contributed by atoms with E-state index in [0.29, 0.717) is 11.6 Å². The Morgan fingerprint density at radius 2 is 1.95 bits per heavy atom. The molecule has 0 fully saturated rings. The molecule has 0 radical (unpaired) electrons. The Balaban J connectivity index is 0.00000121. The fourth-order valence-corrected chi connectivity index (χ4v) is 3.92.